The first-order chi connectivity index (χ1) is 9.06. The third kappa shape index (κ3) is 4.64. The Kier molecular flexibility index (Phi) is 5.94. The molecule has 0 amide bonds. The van der Waals surface area contributed by atoms with Gasteiger partial charge < -0.3 is 5.73 Å². The third-order valence-electron chi connectivity index (χ3n) is 3.40. The molecule has 0 aromatic heterocycles. The molecule has 6 nitrogen and oxygen atoms in total. The van der Waals surface area contributed by atoms with Gasteiger partial charge in [0.15, 0.2) is 0 Å². The molecule has 1 rings (SSSR count). The summed E-state index contributed by atoms with van der Waals surface area (Å²) in [4.78, 5) is 0.275. The number of hydrogen-bond donors (Lipinski definition) is 1. The first-order valence-electron chi connectivity index (χ1n) is 6.55. The molecule has 1 saturated heterocycles. The molecule has 9 heteroatoms. The number of nitrogens with zero attached hydrogens (tertiary/aromatic N) is 1. The molecule has 118 valence electrons. The highest BCUT2D eigenvalue weighted by Crippen LogP contribution is 2.24. The van der Waals surface area contributed by atoms with Crippen molar-refractivity contribution in [2.24, 2.45) is 5.73 Å². The molecule has 1 aliphatic heterocycles. The van der Waals surface area contributed by atoms with E-state index in [2.05, 4.69) is 0 Å². The summed E-state index contributed by atoms with van der Waals surface area (Å²) < 4.78 is 49.4. The lowest BCUT2D eigenvalue weighted by molar-refractivity contribution is 0.354. The van der Waals surface area contributed by atoms with Crippen LogP contribution in [-0.2, 0) is 19.9 Å². The van der Waals surface area contributed by atoms with Crippen molar-refractivity contribution in [3.63, 3.8) is 0 Å². The highest BCUT2D eigenvalue weighted by atomic mass is 32.2. The second kappa shape index (κ2) is 6.67. The van der Waals surface area contributed by atoms with Crippen molar-refractivity contribution < 1.29 is 16.8 Å². The number of thiocarbonyl (C=S) groups is 1. The van der Waals surface area contributed by atoms with Crippen LogP contribution in [0.15, 0.2) is 0 Å². The number of nitrogens with two attached hydrogens (primary N) is 1. The molecule has 0 saturated carbocycles. The summed E-state index contributed by atoms with van der Waals surface area (Å²) in [5.74, 6) is -0.115. The van der Waals surface area contributed by atoms with E-state index in [4.69, 9.17) is 18.0 Å². The standard InChI is InChI=1S/C11H22N2O4S3/c1-9(2)13(6-3-11(12)18)20(16,17)10-4-7-19(14,15)8-5-10/h9-10H,3-8H2,1-2H3,(H2,12,18). The maximum Gasteiger partial charge on any atom is 0.217 e. The number of sulfonamides is 1. The molecule has 0 radical (unpaired) electrons. The van der Waals surface area contributed by atoms with Gasteiger partial charge in [0, 0.05) is 19.0 Å². The van der Waals surface area contributed by atoms with E-state index in [0.717, 1.165) is 0 Å². The van der Waals surface area contributed by atoms with Gasteiger partial charge in [0.05, 0.1) is 21.7 Å². The van der Waals surface area contributed by atoms with Gasteiger partial charge in [-0.3, -0.25) is 0 Å². The minimum Gasteiger partial charge on any atom is -0.393 e. The van der Waals surface area contributed by atoms with Gasteiger partial charge in [-0.05, 0) is 26.7 Å². The van der Waals surface area contributed by atoms with Crippen LogP contribution in [-0.4, -0.2) is 55.5 Å². The fraction of sp³-hybridized carbons (Fsp3) is 0.909. The van der Waals surface area contributed by atoms with E-state index in [0.29, 0.717) is 6.42 Å². The number of rotatable bonds is 6. The van der Waals surface area contributed by atoms with Crippen LogP contribution < -0.4 is 5.73 Å². The Hall–Kier alpha value is -0.250. The van der Waals surface area contributed by atoms with Crippen molar-refractivity contribution >= 4 is 37.1 Å². The lowest BCUT2D eigenvalue weighted by atomic mass is 10.2. The largest absolute Gasteiger partial charge is 0.393 e. The van der Waals surface area contributed by atoms with E-state index in [1.807, 2.05) is 0 Å². The van der Waals surface area contributed by atoms with Gasteiger partial charge in [0.2, 0.25) is 10.0 Å². The van der Waals surface area contributed by atoms with Crippen LogP contribution in [0.5, 0.6) is 0 Å². The van der Waals surface area contributed by atoms with Crippen LogP contribution in [0, 0.1) is 0 Å². The van der Waals surface area contributed by atoms with Crippen molar-refractivity contribution in [2.45, 2.75) is 44.4 Å². The SMILES string of the molecule is CC(C)N(CCC(N)=S)S(=O)(=O)C1CCS(=O)(=O)CC1. The summed E-state index contributed by atoms with van der Waals surface area (Å²) in [5, 5.41) is -0.625. The highest BCUT2D eigenvalue weighted by Gasteiger charge is 2.37. The zero-order valence-corrected chi connectivity index (χ0v) is 14.2. The molecule has 1 heterocycles. The monoisotopic (exact) mass is 342 g/mol. The van der Waals surface area contributed by atoms with Crippen LogP contribution in [0.25, 0.3) is 0 Å². The van der Waals surface area contributed by atoms with Gasteiger partial charge in [-0.15, -0.1) is 0 Å². The second-order valence-corrected chi connectivity index (χ2v) is 10.3. The van der Waals surface area contributed by atoms with Crippen LogP contribution >= 0.6 is 12.2 Å². The smallest absolute Gasteiger partial charge is 0.217 e. The Balaban J connectivity index is 2.86. The molecule has 1 fully saturated rings. The highest BCUT2D eigenvalue weighted by molar-refractivity contribution is 7.92. The number of sulfone groups is 1. The van der Waals surface area contributed by atoms with Crippen LogP contribution in [0.1, 0.15) is 33.1 Å². The van der Waals surface area contributed by atoms with Gasteiger partial charge in [0.25, 0.3) is 0 Å². The molecular weight excluding hydrogens is 320 g/mol. The van der Waals surface area contributed by atoms with E-state index < -0.39 is 25.1 Å². The maximum absolute atomic E-state index is 12.6. The minimum atomic E-state index is -3.52. The maximum atomic E-state index is 12.6. The number of hydrogen-bond acceptors (Lipinski definition) is 5. The van der Waals surface area contributed by atoms with Crippen LogP contribution in [0.2, 0.25) is 0 Å². The average Bonchev–Trinajstić information content (AvgIpc) is 2.27. The molecule has 0 spiro atoms. The molecule has 0 unspecified atom stereocenters. The van der Waals surface area contributed by atoms with Crippen molar-refractivity contribution in [3.8, 4) is 0 Å². The van der Waals surface area contributed by atoms with Gasteiger partial charge in [-0.2, -0.15) is 4.31 Å². The first-order valence-corrected chi connectivity index (χ1v) is 10.3. The lowest BCUT2D eigenvalue weighted by Gasteiger charge is -2.32. The van der Waals surface area contributed by atoms with Crippen molar-refractivity contribution in [1.29, 1.82) is 0 Å². The Morgan fingerprint density at radius 2 is 1.85 bits per heavy atom. The minimum absolute atomic E-state index is 0.0574. The van der Waals surface area contributed by atoms with Crippen molar-refractivity contribution in [2.75, 3.05) is 18.1 Å². The molecule has 2 N–H and O–H groups in total. The average molecular weight is 343 g/mol. The Labute approximate surface area is 126 Å². The molecule has 0 aromatic rings. The predicted molar refractivity (Wildman–Crippen MR) is 83.8 cm³/mol. The van der Waals surface area contributed by atoms with Crippen LogP contribution in [0.4, 0.5) is 0 Å². The Morgan fingerprint density at radius 3 is 2.25 bits per heavy atom. The zero-order chi connectivity index (χ0) is 15.6. The Bertz CT molecular complexity index is 540. The predicted octanol–water partition coefficient (Wildman–Crippen LogP) is 0.280. The fourth-order valence-corrected chi connectivity index (χ4v) is 6.29. The molecule has 0 atom stereocenters. The lowest BCUT2D eigenvalue weighted by Crippen LogP contribution is -2.46. The quantitative estimate of drug-likeness (QED) is 0.696. The van der Waals surface area contributed by atoms with E-state index >= 15 is 0 Å². The van der Waals surface area contributed by atoms with E-state index in [-0.39, 0.29) is 41.9 Å². The van der Waals surface area contributed by atoms with Gasteiger partial charge >= 0.3 is 0 Å². The molecule has 1 aliphatic rings. The topological polar surface area (TPSA) is 97.5 Å². The first kappa shape index (κ1) is 17.8. The molecule has 20 heavy (non-hydrogen) atoms. The van der Waals surface area contributed by atoms with Crippen LogP contribution in [0.3, 0.4) is 0 Å². The fourth-order valence-electron chi connectivity index (χ4n) is 2.26. The molecular formula is C11H22N2O4S3. The second-order valence-electron chi connectivity index (χ2n) is 5.32. The normalized spacial score (nSPS) is 20.4. The summed E-state index contributed by atoms with van der Waals surface area (Å²) in [7, 11) is -6.59. The molecule has 0 aliphatic carbocycles. The summed E-state index contributed by atoms with van der Waals surface area (Å²) >= 11 is 4.79. The van der Waals surface area contributed by atoms with Gasteiger partial charge in [0.1, 0.15) is 9.84 Å². The van der Waals surface area contributed by atoms with E-state index in [1.54, 1.807) is 13.8 Å². The molecule has 0 aromatic carbocycles. The van der Waals surface area contributed by atoms with Crippen molar-refractivity contribution in [1.82, 2.24) is 4.31 Å². The Morgan fingerprint density at radius 1 is 1.35 bits per heavy atom. The zero-order valence-electron chi connectivity index (χ0n) is 11.8. The van der Waals surface area contributed by atoms with E-state index in [9.17, 15) is 16.8 Å². The summed E-state index contributed by atoms with van der Waals surface area (Å²) in [6.45, 7) is 3.83. The third-order valence-corrected chi connectivity index (χ3v) is 7.90. The summed E-state index contributed by atoms with van der Waals surface area (Å²) in [6, 6.07) is -0.201. The van der Waals surface area contributed by atoms with E-state index in [1.165, 1.54) is 4.31 Å². The van der Waals surface area contributed by atoms with Gasteiger partial charge in [-0.1, -0.05) is 12.2 Å². The van der Waals surface area contributed by atoms with Gasteiger partial charge in [-0.25, -0.2) is 16.8 Å². The van der Waals surface area contributed by atoms with Crippen molar-refractivity contribution in [3.05, 3.63) is 0 Å². The summed E-state index contributed by atoms with van der Waals surface area (Å²) in [5.41, 5.74) is 5.43. The summed E-state index contributed by atoms with van der Waals surface area (Å²) in [6.07, 6.45) is 0.666. The molecule has 0 bridgehead atoms.